The van der Waals surface area contributed by atoms with E-state index in [4.69, 9.17) is 14.2 Å². The van der Waals surface area contributed by atoms with Crippen molar-refractivity contribution < 1.29 is 23.8 Å². The Hall–Kier alpha value is -2.38. The first kappa shape index (κ1) is 20.9. The van der Waals surface area contributed by atoms with E-state index in [1.54, 1.807) is 19.1 Å². The minimum atomic E-state index is -0.489. The van der Waals surface area contributed by atoms with Crippen molar-refractivity contribution in [3.8, 4) is 5.75 Å². The summed E-state index contributed by atoms with van der Waals surface area (Å²) < 4.78 is 17.3. The molecule has 1 aliphatic carbocycles. The molecule has 1 saturated carbocycles. The zero-order valence-electron chi connectivity index (χ0n) is 18.1. The van der Waals surface area contributed by atoms with Crippen molar-refractivity contribution in [2.24, 2.45) is 5.92 Å². The number of para-hydroxylation sites is 1. The Kier molecular flexibility index (Phi) is 5.84. The second kappa shape index (κ2) is 8.40. The molecule has 1 aromatic rings. The third-order valence-corrected chi connectivity index (χ3v) is 6.45. The SMILES string of the molecule is COc1ccccc1C1C2=C(OC3CC(OC)CCC3C2=O)C(=O)N1CCN(C)C. The molecule has 4 atom stereocenters. The van der Waals surface area contributed by atoms with Gasteiger partial charge in [-0.15, -0.1) is 0 Å². The fourth-order valence-corrected chi connectivity index (χ4v) is 4.85. The molecule has 1 amide bonds. The lowest BCUT2D eigenvalue weighted by molar-refractivity contribution is -0.138. The van der Waals surface area contributed by atoms with Crippen LogP contribution < -0.4 is 4.74 Å². The van der Waals surface area contributed by atoms with Crippen LogP contribution in [0.15, 0.2) is 35.6 Å². The van der Waals surface area contributed by atoms with Gasteiger partial charge < -0.3 is 24.0 Å². The predicted octanol–water partition coefficient (Wildman–Crippen LogP) is 2.18. The van der Waals surface area contributed by atoms with Crippen LogP contribution in [0.4, 0.5) is 0 Å². The number of amides is 1. The minimum Gasteiger partial charge on any atom is -0.496 e. The molecule has 2 heterocycles. The lowest BCUT2D eigenvalue weighted by Gasteiger charge is -2.38. The van der Waals surface area contributed by atoms with Gasteiger partial charge in [-0.05, 0) is 33.0 Å². The molecular formula is C23H30N2O5. The number of likely N-dealkylation sites (N-methyl/N-ethyl adjacent to an activating group) is 1. The van der Waals surface area contributed by atoms with Crippen molar-refractivity contribution in [2.75, 3.05) is 41.4 Å². The van der Waals surface area contributed by atoms with Crippen LogP contribution in [-0.4, -0.2) is 75.1 Å². The second-order valence-corrected chi connectivity index (χ2v) is 8.49. The lowest BCUT2D eigenvalue weighted by atomic mass is 9.76. The summed E-state index contributed by atoms with van der Waals surface area (Å²) in [4.78, 5) is 30.8. The summed E-state index contributed by atoms with van der Waals surface area (Å²) in [6.07, 6.45) is 1.93. The first-order chi connectivity index (χ1) is 14.5. The van der Waals surface area contributed by atoms with Crippen molar-refractivity contribution in [1.82, 2.24) is 9.80 Å². The number of Topliss-reactive ketones (excluding diaryl/α,β-unsaturated/α-hetero) is 1. The van der Waals surface area contributed by atoms with Crippen molar-refractivity contribution in [1.29, 1.82) is 0 Å². The summed E-state index contributed by atoms with van der Waals surface area (Å²) in [6.45, 7) is 1.18. The molecule has 2 aliphatic heterocycles. The second-order valence-electron chi connectivity index (χ2n) is 8.49. The van der Waals surface area contributed by atoms with E-state index in [-0.39, 0.29) is 35.6 Å². The van der Waals surface area contributed by atoms with Gasteiger partial charge >= 0.3 is 0 Å². The van der Waals surface area contributed by atoms with Crippen molar-refractivity contribution in [3.63, 3.8) is 0 Å². The summed E-state index contributed by atoms with van der Waals surface area (Å²) in [5, 5.41) is 0. The monoisotopic (exact) mass is 414 g/mol. The first-order valence-electron chi connectivity index (χ1n) is 10.5. The van der Waals surface area contributed by atoms with Crippen LogP contribution in [-0.2, 0) is 19.1 Å². The van der Waals surface area contributed by atoms with E-state index in [0.717, 1.165) is 12.0 Å². The molecule has 7 nitrogen and oxygen atoms in total. The van der Waals surface area contributed by atoms with Crippen LogP contribution >= 0.6 is 0 Å². The number of methoxy groups -OCH3 is 2. The fraction of sp³-hybridized carbons (Fsp3) is 0.565. The number of hydrogen-bond acceptors (Lipinski definition) is 6. The molecular weight excluding hydrogens is 384 g/mol. The fourth-order valence-electron chi connectivity index (χ4n) is 4.85. The van der Waals surface area contributed by atoms with Crippen molar-refractivity contribution >= 4 is 11.7 Å². The van der Waals surface area contributed by atoms with Gasteiger partial charge in [0.2, 0.25) is 0 Å². The van der Waals surface area contributed by atoms with Crippen LogP contribution in [0.1, 0.15) is 30.9 Å². The third kappa shape index (κ3) is 3.50. The summed E-state index contributed by atoms with van der Waals surface area (Å²) in [6, 6.07) is 7.10. The van der Waals surface area contributed by atoms with Gasteiger partial charge in [-0.1, -0.05) is 18.2 Å². The topological polar surface area (TPSA) is 68.3 Å². The zero-order chi connectivity index (χ0) is 21.4. The molecule has 1 fully saturated rings. The van der Waals surface area contributed by atoms with Crippen molar-refractivity contribution in [3.05, 3.63) is 41.2 Å². The number of benzene rings is 1. The Morgan fingerprint density at radius 3 is 2.63 bits per heavy atom. The number of carbonyl (C=O) groups excluding carboxylic acids is 2. The number of fused-ring (bicyclic) bond motifs is 1. The molecule has 0 aromatic heterocycles. The average molecular weight is 415 g/mol. The number of nitrogens with zero attached hydrogens (tertiary/aromatic N) is 2. The van der Waals surface area contributed by atoms with Gasteiger partial charge in [-0.25, -0.2) is 0 Å². The molecule has 7 heteroatoms. The summed E-state index contributed by atoms with van der Waals surface area (Å²) in [7, 11) is 7.22. The molecule has 162 valence electrons. The molecule has 0 bridgehead atoms. The summed E-state index contributed by atoms with van der Waals surface area (Å²) in [5.74, 6) is 0.472. The standard InChI is InChI=1S/C23H30N2O5/c1-24(2)11-12-25-20(15-7-5-6-8-17(15)29-4)19-21(26)16-10-9-14(28-3)13-18(16)30-22(19)23(25)27/h5-8,14,16,18,20H,9-13H2,1-4H3. The maximum Gasteiger partial charge on any atom is 0.290 e. The van der Waals surface area contributed by atoms with Gasteiger partial charge in [0.15, 0.2) is 11.5 Å². The van der Waals surface area contributed by atoms with E-state index in [9.17, 15) is 9.59 Å². The van der Waals surface area contributed by atoms with Gasteiger partial charge in [0, 0.05) is 32.2 Å². The Morgan fingerprint density at radius 2 is 1.93 bits per heavy atom. The maximum absolute atomic E-state index is 13.6. The van der Waals surface area contributed by atoms with Crippen LogP contribution in [0.5, 0.6) is 5.75 Å². The van der Waals surface area contributed by atoms with Gasteiger partial charge in [0.05, 0.1) is 30.7 Å². The van der Waals surface area contributed by atoms with Gasteiger partial charge in [0.25, 0.3) is 5.91 Å². The van der Waals surface area contributed by atoms with Crippen molar-refractivity contribution in [2.45, 2.75) is 37.5 Å². The lowest BCUT2D eigenvalue weighted by Crippen LogP contribution is -2.43. The zero-order valence-corrected chi connectivity index (χ0v) is 18.1. The minimum absolute atomic E-state index is 0.0346. The summed E-state index contributed by atoms with van der Waals surface area (Å²) in [5.41, 5.74) is 1.30. The number of ketones is 1. The normalized spacial score (nSPS) is 28.5. The Bertz CT molecular complexity index is 865. The highest BCUT2D eigenvalue weighted by atomic mass is 16.5. The molecule has 1 aromatic carbocycles. The van der Waals surface area contributed by atoms with E-state index < -0.39 is 6.04 Å². The predicted molar refractivity (Wildman–Crippen MR) is 111 cm³/mol. The van der Waals surface area contributed by atoms with Crippen LogP contribution in [0, 0.1) is 5.92 Å². The number of ether oxygens (including phenoxy) is 3. The van der Waals surface area contributed by atoms with Crippen LogP contribution in [0.25, 0.3) is 0 Å². The third-order valence-electron chi connectivity index (χ3n) is 6.45. The average Bonchev–Trinajstić information content (AvgIpc) is 3.03. The van der Waals surface area contributed by atoms with Crippen LogP contribution in [0.2, 0.25) is 0 Å². The molecule has 0 N–H and O–H groups in total. The molecule has 4 unspecified atom stereocenters. The highest BCUT2D eigenvalue weighted by molar-refractivity contribution is 6.11. The quantitative estimate of drug-likeness (QED) is 0.711. The molecule has 4 rings (SSSR count). The van der Waals surface area contributed by atoms with Gasteiger partial charge in [0.1, 0.15) is 11.9 Å². The van der Waals surface area contributed by atoms with Crippen LogP contribution in [0.3, 0.4) is 0 Å². The smallest absolute Gasteiger partial charge is 0.290 e. The Balaban J connectivity index is 1.76. The van der Waals surface area contributed by atoms with Gasteiger partial charge in [-0.2, -0.15) is 0 Å². The van der Waals surface area contributed by atoms with E-state index in [1.807, 2.05) is 43.3 Å². The van der Waals surface area contributed by atoms with E-state index in [2.05, 4.69) is 0 Å². The first-order valence-corrected chi connectivity index (χ1v) is 10.5. The highest BCUT2D eigenvalue weighted by Crippen LogP contribution is 2.48. The molecule has 30 heavy (non-hydrogen) atoms. The number of hydrogen-bond donors (Lipinski definition) is 0. The Morgan fingerprint density at radius 1 is 1.17 bits per heavy atom. The Labute approximate surface area is 177 Å². The van der Waals surface area contributed by atoms with Gasteiger partial charge in [-0.3, -0.25) is 9.59 Å². The van der Waals surface area contributed by atoms with E-state index in [0.29, 0.717) is 37.3 Å². The summed E-state index contributed by atoms with van der Waals surface area (Å²) >= 11 is 0. The number of rotatable bonds is 6. The molecule has 0 spiro atoms. The molecule has 0 saturated heterocycles. The number of carbonyl (C=O) groups is 2. The molecule has 0 radical (unpaired) electrons. The van der Waals surface area contributed by atoms with E-state index >= 15 is 0 Å². The largest absolute Gasteiger partial charge is 0.496 e. The van der Waals surface area contributed by atoms with E-state index in [1.165, 1.54) is 0 Å². The maximum atomic E-state index is 13.6. The highest BCUT2D eigenvalue weighted by Gasteiger charge is 2.53. The molecule has 3 aliphatic rings.